The Kier molecular flexibility index (Phi) is 3.94. The summed E-state index contributed by atoms with van der Waals surface area (Å²) in [5.74, 6) is -0.685. The lowest BCUT2D eigenvalue weighted by Gasteiger charge is -2.17. The maximum absolute atomic E-state index is 12.2. The van der Waals surface area contributed by atoms with Crippen molar-refractivity contribution in [2.75, 3.05) is 6.61 Å². The van der Waals surface area contributed by atoms with Gasteiger partial charge in [-0.1, -0.05) is 6.07 Å². The number of ketones is 1. The second-order valence-corrected chi connectivity index (χ2v) is 6.46. The summed E-state index contributed by atoms with van der Waals surface area (Å²) in [6.07, 6.45) is 1.46. The number of hydrogen-bond acceptors (Lipinski definition) is 5. The van der Waals surface area contributed by atoms with Gasteiger partial charge in [-0.05, 0) is 44.0 Å². The van der Waals surface area contributed by atoms with Gasteiger partial charge in [0.1, 0.15) is 11.3 Å². The zero-order chi connectivity index (χ0) is 18.4. The van der Waals surface area contributed by atoms with Crippen LogP contribution in [-0.4, -0.2) is 27.9 Å². The van der Waals surface area contributed by atoms with Crippen molar-refractivity contribution in [2.45, 2.75) is 32.6 Å². The molecule has 1 heterocycles. The van der Waals surface area contributed by atoms with Crippen molar-refractivity contribution in [2.24, 2.45) is 0 Å². The molecule has 1 aromatic carbocycles. The van der Waals surface area contributed by atoms with Gasteiger partial charge in [-0.3, -0.25) is 19.1 Å². The number of nitrogens with zero attached hydrogens (tertiary/aromatic N) is 1. The van der Waals surface area contributed by atoms with Gasteiger partial charge in [0.2, 0.25) is 0 Å². The number of hydrogen-bond donors (Lipinski definition) is 1. The molecule has 1 aromatic heterocycles. The molecule has 0 saturated heterocycles. The van der Waals surface area contributed by atoms with Gasteiger partial charge in [-0.2, -0.15) is 0 Å². The number of H-pyrrole nitrogens is 1. The van der Waals surface area contributed by atoms with Crippen LogP contribution in [0, 0.1) is 0 Å². The largest absolute Gasteiger partial charge is 0.462 e. The van der Waals surface area contributed by atoms with E-state index in [1.165, 1.54) is 10.8 Å². The van der Waals surface area contributed by atoms with E-state index in [1.807, 2.05) is 13.8 Å². The smallest absolute Gasteiger partial charge is 0.345 e. The van der Waals surface area contributed by atoms with Crippen LogP contribution in [-0.2, 0) is 21.4 Å². The van der Waals surface area contributed by atoms with E-state index in [0.29, 0.717) is 12.1 Å². The summed E-state index contributed by atoms with van der Waals surface area (Å²) >= 11 is 0. The third-order valence-electron chi connectivity index (χ3n) is 4.53. The van der Waals surface area contributed by atoms with Crippen LogP contribution in [0.15, 0.2) is 34.0 Å². The van der Waals surface area contributed by atoms with E-state index in [2.05, 4.69) is 4.98 Å². The highest BCUT2D eigenvalue weighted by atomic mass is 16.5. The van der Waals surface area contributed by atoms with Crippen LogP contribution in [0.5, 0.6) is 0 Å². The van der Waals surface area contributed by atoms with E-state index in [1.54, 1.807) is 25.1 Å². The van der Waals surface area contributed by atoms with Gasteiger partial charge in [0.05, 0.1) is 12.3 Å². The summed E-state index contributed by atoms with van der Waals surface area (Å²) in [4.78, 5) is 50.1. The average Bonchev–Trinajstić information content (AvgIpc) is 2.76. The maximum atomic E-state index is 12.2. The molecule has 0 saturated carbocycles. The van der Waals surface area contributed by atoms with Crippen LogP contribution in [0.3, 0.4) is 0 Å². The second kappa shape index (κ2) is 5.84. The first kappa shape index (κ1) is 16.9. The number of carbonyl (C=O) groups excluding carboxylic acids is 2. The minimum atomic E-state index is -0.796. The van der Waals surface area contributed by atoms with Crippen LogP contribution in [0.4, 0.5) is 0 Å². The molecular weight excluding hydrogens is 324 g/mol. The number of esters is 1. The first-order chi connectivity index (χ1) is 11.8. The van der Waals surface area contributed by atoms with Crippen molar-refractivity contribution in [3.63, 3.8) is 0 Å². The topological polar surface area (TPSA) is 98.2 Å². The van der Waals surface area contributed by atoms with E-state index < -0.39 is 22.6 Å². The molecule has 0 atom stereocenters. The highest BCUT2D eigenvalue weighted by molar-refractivity contribution is 5.96. The average molecular weight is 342 g/mol. The number of nitrogens with one attached hydrogen (secondary N) is 1. The lowest BCUT2D eigenvalue weighted by Crippen LogP contribution is -2.33. The molecule has 3 rings (SSSR count). The third kappa shape index (κ3) is 2.71. The van der Waals surface area contributed by atoms with Crippen molar-refractivity contribution < 1.29 is 14.3 Å². The van der Waals surface area contributed by atoms with E-state index in [0.717, 1.165) is 11.1 Å². The quantitative estimate of drug-likeness (QED) is 0.843. The van der Waals surface area contributed by atoms with Gasteiger partial charge < -0.3 is 4.74 Å². The van der Waals surface area contributed by atoms with Gasteiger partial charge >= 0.3 is 11.7 Å². The number of benzene rings is 1. The summed E-state index contributed by atoms with van der Waals surface area (Å²) in [6, 6.07) is 5.22. The summed E-state index contributed by atoms with van der Waals surface area (Å²) in [5.41, 5.74) is -0.0410. The minimum Gasteiger partial charge on any atom is -0.462 e. The summed E-state index contributed by atoms with van der Waals surface area (Å²) in [6.45, 7) is 5.48. The van der Waals surface area contributed by atoms with Crippen molar-refractivity contribution >= 4 is 11.8 Å². The molecule has 0 aliphatic heterocycles. The fourth-order valence-corrected chi connectivity index (χ4v) is 3.05. The fourth-order valence-electron chi connectivity index (χ4n) is 3.05. The molecule has 2 aromatic rings. The fraction of sp³-hybridized carbons (Fsp3) is 0.333. The molecule has 130 valence electrons. The highest BCUT2D eigenvalue weighted by Gasteiger charge is 2.37. The van der Waals surface area contributed by atoms with Crippen LogP contribution >= 0.6 is 0 Å². The van der Waals surface area contributed by atoms with Crippen molar-refractivity contribution in [1.82, 2.24) is 9.55 Å². The monoisotopic (exact) mass is 342 g/mol. The molecule has 0 spiro atoms. The van der Waals surface area contributed by atoms with E-state index in [4.69, 9.17) is 4.74 Å². The molecule has 7 nitrogen and oxygen atoms in total. The third-order valence-corrected chi connectivity index (χ3v) is 4.53. The molecule has 1 aliphatic rings. The molecule has 0 bridgehead atoms. The maximum Gasteiger partial charge on any atom is 0.345 e. The van der Waals surface area contributed by atoms with Crippen LogP contribution < -0.4 is 11.2 Å². The molecule has 7 heteroatoms. The Morgan fingerprint density at radius 2 is 2.00 bits per heavy atom. The van der Waals surface area contributed by atoms with Crippen LogP contribution in [0.1, 0.15) is 42.3 Å². The lowest BCUT2D eigenvalue weighted by atomic mass is 9.86. The molecule has 1 aliphatic carbocycles. The Balaban J connectivity index is 2.13. The molecule has 1 N–H and O–H groups in total. The number of ether oxygens (including phenoxy) is 1. The van der Waals surface area contributed by atoms with Crippen molar-refractivity contribution in [3.05, 3.63) is 61.9 Å². The SMILES string of the molecule is CCOC(=O)c1cn(-c2ccc3c(c2)CC(=O)C3(C)C)c(=O)[nH]c1=O. The summed E-state index contributed by atoms with van der Waals surface area (Å²) < 4.78 is 6.01. The zero-order valence-electron chi connectivity index (χ0n) is 14.2. The first-order valence-electron chi connectivity index (χ1n) is 7.96. The normalized spacial score (nSPS) is 15.1. The highest BCUT2D eigenvalue weighted by Crippen LogP contribution is 2.36. The lowest BCUT2D eigenvalue weighted by molar-refractivity contribution is -0.121. The van der Waals surface area contributed by atoms with E-state index >= 15 is 0 Å². The number of Topliss-reactive ketones (excluding diaryl/α,β-unsaturated/α-hetero) is 1. The Bertz CT molecular complexity index is 997. The molecular formula is C18H18N2O5. The number of fused-ring (bicyclic) bond motifs is 1. The molecule has 25 heavy (non-hydrogen) atoms. The number of aromatic nitrogens is 2. The van der Waals surface area contributed by atoms with Gasteiger partial charge in [0.25, 0.3) is 5.56 Å². The molecule has 0 radical (unpaired) electrons. The van der Waals surface area contributed by atoms with Gasteiger partial charge in [0.15, 0.2) is 0 Å². The van der Waals surface area contributed by atoms with E-state index in [9.17, 15) is 19.2 Å². The summed E-state index contributed by atoms with van der Waals surface area (Å²) in [7, 11) is 0. The minimum absolute atomic E-state index is 0.112. The Hall–Kier alpha value is -2.96. The Morgan fingerprint density at radius 3 is 2.68 bits per heavy atom. The second-order valence-electron chi connectivity index (χ2n) is 6.46. The van der Waals surface area contributed by atoms with Crippen molar-refractivity contribution in [3.8, 4) is 5.69 Å². The number of aromatic amines is 1. The van der Waals surface area contributed by atoms with Crippen LogP contribution in [0.2, 0.25) is 0 Å². The standard InChI is InChI=1S/C18H18N2O5/c1-4-25-16(23)12-9-20(17(24)19-15(12)22)11-5-6-13-10(7-11)8-14(21)18(13,2)3/h5-7,9H,4,8H2,1-3H3,(H,19,22,24). The van der Waals surface area contributed by atoms with Crippen molar-refractivity contribution in [1.29, 1.82) is 0 Å². The zero-order valence-corrected chi connectivity index (χ0v) is 14.2. The first-order valence-corrected chi connectivity index (χ1v) is 7.96. The Morgan fingerprint density at radius 1 is 1.28 bits per heavy atom. The van der Waals surface area contributed by atoms with Gasteiger partial charge in [0, 0.05) is 18.0 Å². The molecule has 0 unspecified atom stereocenters. The van der Waals surface area contributed by atoms with Gasteiger partial charge in [-0.25, -0.2) is 9.59 Å². The number of carbonyl (C=O) groups is 2. The predicted octanol–water partition coefficient (Wildman–Crippen LogP) is 1.11. The molecule has 0 amide bonds. The number of rotatable bonds is 3. The molecule has 0 fully saturated rings. The van der Waals surface area contributed by atoms with Crippen LogP contribution in [0.25, 0.3) is 5.69 Å². The Labute approximate surface area is 143 Å². The van der Waals surface area contributed by atoms with E-state index in [-0.39, 0.29) is 18.0 Å². The summed E-state index contributed by atoms with van der Waals surface area (Å²) in [5, 5.41) is 0. The predicted molar refractivity (Wildman–Crippen MR) is 90.4 cm³/mol. The van der Waals surface area contributed by atoms with Gasteiger partial charge in [-0.15, -0.1) is 0 Å².